The second-order valence-corrected chi connectivity index (χ2v) is 2.89. The van der Waals surface area contributed by atoms with Crippen LogP contribution in [0.1, 0.15) is 0 Å². The Hall–Kier alpha value is -1.42. The molecule has 0 fully saturated rings. The first kappa shape index (κ1) is 11.7. The summed E-state index contributed by atoms with van der Waals surface area (Å²) in [6, 6.07) is 4.87. The van der Waals surface area contributed by atoms with Gasteiger partial charge in [-0.15, -0.1) is 11.6 Å². The zero-order valence-corrected chi connectivity index (χ0v) is 9.21. The highest BCUT2D eigenvalue weighted by molar-refractivity contribution is 6.26. The summed E-state index contributed by atoms with van der Waals surface area (Å²) in [7, 11) is 3.02. The maximum Gasteiger partial charge on any atom is 0.326 e. The summed E-state index contributed by atoms with van der Waals surface area (Å²) >= 11 is 5.32. The maximum absolute atomic E-state index is 11.0. The Kier molecular flexibility index (Phi) is 4.24. The molecule has 0 aliphatic heterocycles. The van der Waals surface area contributed by atoms with E-state index in [9.17, 15) is 4.79 Å². The molecule has 1 rings (SSSR count). The number of rotatable bonds is 4. The van der Waals surface area contributed by atoms with E-state index in [1.807, 2.05) is 0 Å². The van der Waals surface area contributed by atoms with Gasteiger partial charge in [-0.05, 0) is 12.1 Å². The van der Waals surface area contributed by atoms with E-state index in [4.69, 9.17) is 25.8 Å². The highest BCUT2D eigenvalue weighted by Gasteiger charge is 2.09. The second kappa shape index (κ2) is 5.46. The van der Waals surface area contributed by atoms with Gasteiger partial charge in [0.2, 0.25) is 0 Å². The van der Waals surface area contributed by atoms with Gasteiger partial charge in [0.25, 0.3) is 0 Å². The highest BCUT2D eigenvalue weighted by atomic mass is 35.5. The number of hydrogen-bond acceptors (Lipinski definition) is 4. The molecule has 15 heavy (non-hydrogen) atoms. The predicted molar refractivity (Wildman–Crippen MR) is 55.9 cm³/mol. The molecule has 1 aromatic carbocycles. The fourth-order valence-electron chi connectivity index (χ4n) is 1.01. The van der Waals surface area contributed by atoms with Gasteiger partial charge in [-0.3, -0.25) is 4.79 Å². The van der Waals surface area contributed by atoms with Crippen molar-refractivity contribution < 1.29 is 19.0 Å². The first-order chi connectivity index (χ1) is 7.21. The fourth-order valence-corrected chi connectivity index (χ4v) is 1.06. The van der Waals surface area contributed by atoms with E-state index < -0.39 is 5.97 Å². The molecular formula is C10H11ClO4. The van der Waals surface area contributed by atoms with Crippen LogP contribution in [0, 0.1) is 0 Å². The van der Waals surface area contributed by atoms with Crippen LogP contribution in [-0.4, -0.2) is 26.1 Å². The monoisotopic (exact) mass is 230 g/mol. The van der Waals surface area contributed by atoms with Crippen LogP contribution in [0.2, 0.25) is 0 Å². The van der Waals surface area contributed by atoms with Crippen molar-refractivity contribution in [1.29, 1.82) is 0 Å². The minimum absolute atomic E-state index is 0.199. The molecule has 0 N–H and O–H groups in total. The first-order valence-corrected chi connectivity index (χ1v) is 4.73. The molecule has 0 amide bonds. The molecule has 0 bridgehead atoms. The topological polar surface area (TPSA) is 44.8 Å². The lowest BCUT2D eigenvalue weighted by Gasteiger charge is -2.09. The number of esters is 1. The largest absolute Gasteiger partial charge is 0.497 e. The molecule has 0 atom stereocenters. The number of alkyl halides is 1. The fraction of sp³-hybridized carbons (Fsp3) is 0.300. The molecule has 5 heteroatoms. The molecule has 82 valence electrons. The lowest BCUT2D eigenvalue weighted by Crippen LogP contribution is -2.09. The van der Waals surface area contributed by atoms with Crippen LogP contribution >= 0.6 is 11.6 Å². The van der Waals surface area contributed by atoms with Gasteiger partial charge in [-0.25, -0.2) is 0 Å². The van der Waals surface area contributed by atoms with Gasteiger partial charge in [0, 0.05) is 6.07 Å². The van der Waals surface area contributed by atoms with E-state index in [0.29, 0.717) is 17.2 Å². The number of benzene rings is 1. The number of hydrogen-bond donors (Lipinski definition) is 0. The molecule has 0 heterocycles. The molecule has 0 aliphatic carbocycles. The number of carbonyl (C=O) groups excluding carboxylic acids is 1. The molecule has 0 radical (unpaired) electrons. The van der Waals surface area contributed by atoms with Gasteiger partial charge in [0.05, 0.1) is 14.2 Å². The van der Waals surface area contributed by atoms with Crippen LogP contribution < -0.4 is 14.2 Å². The summed E-state index contributed by atoms with van der Waals surface area (Å²) in [4.78, 5) is 11.0. The van der Waals surface area contributed by atoms with Gasteiger partial charge in [-0.1, -0.05) is 0 Å². The van der Waals surface area contributed by atoms with Gasteiger partial charge in [-0.2, -0.15) is 0 Å². The van der Waals surface area contributed by atoms with E-state index in [2.05, 4.69) is 0 Å². The van der Waals surface area contributed by atoms with Crippen molar-refractivity contribution in [3.8, 4) is 17.2 Å². The van der Waals surface area contributed by atoms with Crippen molar-refractivity contribution in [2.75, 3.05) is 20.1 Å². The molecular weight excluding hydrogens is 220 g/mol. The van der Waals surface area contributed by atoms with Crippen molar-refractivity contribution in [3.63, 3.8) is 0 Å². The van der Waals surface area contributed by atoms with E-state index in [1.165, 1.54) is 7.11 Å². The number of halogens is 1. The summed E-state index contributed by atoms with van der Waals surface area (Å²) in [5, 5.41) is 0. The summed E-state index contributed by atoms with van der Waals surface area (Å²) in [5.41, 5.74) is 0. The minimum Gasteiger partial charge on any atom is -0.497 e. The van der Waals surface area contributed by atoms with Gasteiger partial charge in [0.15, 0.2) is 11.5 Å². The van der Waals surface area contributed by atoms with Crippen molar-refractivity contribution in [2.24, 2.45) is 0 Å². The maximum atomic E-state index is 11.0. The first-order valence-electron chi connectivity index (χ1n) is 4.20. The van der Waals surface area contributed by atoms with Crippen LogP contribution in [0.25, 0.3) is 0 Å². The summed E-state index contributed by atoms with van der Waals surface area (Å²) in [6.45, 7) is 0. The quantitative estimate of drug-likeness (QED) is 0.450. The summed E-state index contributed by atoms with van der Waals surface area (Å²) in [6.07, 6.45) is 0. The van der Waals surface area contributed by atoms with Crippen LogP contribution in [0.4, 0.5) is 0 Å². The van der Waals surface area contributed by atoms with Gasteiger partial charge < -0.3 is 14.2 Å². The Bertz CT molecular complexity index is 351. The highest BCUT2D eigenvalue weighted by Crippen LogP contribution is 2.31. The van der Waals surface area contributed by atoms with Crippen LogP contribution in [0.15, 0.2) is 18.2 Å². The smallest absolute Gasteiger partial charge is 0.326 e. The lowest BCUT2D eigenvalue weighted by atomic mass is 10.3. The third-order valence-corrected chi connectivity index (χ3v) is 1.92. The minimum atomic E-state index is -0.528. The average molecular weight is 231 g/mol. The van der Waals surface area contributed by atoms with Crippen molar-refractivity contribution in [3.05, 3.63) is 18.2 Å². The third kappa shape index (κ3) is 3.02. The van der Waals surface area contributed by atoms with Crippen molar-refractivity contribution in [1.82, 2.24) is 0 Å². The second-order valence-electron chi connectivity index (χ2n) is 2.62. The molecule has 0 saturated heterocycles. The Morgan fingerprint density at radius 3 is 2.53 bits per heavy atom. The van der Waals surface area contributed by atoms with E-state index in [-0.39, 0.29) is 5.88 Å². The molecule has 0 saturated carbocycles. The SMILES string of the molecule is COc1ccc(OC(=O)CCl)c(OC)c1. The third-order valence-electron chi connectivity index (χ3n) is 1.70. The van der Waals surface area contributed by atoms with E-state index >= 15 is 0 Å². The molecule has 0 aliphatic rings. The van der Waals surface area contributed by atoms with Crippen LogP contribution in [0.3, 0.4) is 0 Å². The number of ether oxygens (including phenoxy) is 3. The molecule has 0 unspecified atom stereocenters. The summed E-state index contributed by atoms with van der Waals surface area (Å²) < 4.78 is 15.0. The standard InChI is InChI=1S/C10H11ClO4/c1-13-7-3-4-8(9(5-7)14-2)15-10(12)6-11/h3-5H,6H2,1-2H3. The zero-order chi connectivity index (χ0) is 11.3. The van der Waals surface area contributed by atoms with Crippen molar-refractivity contribution >= 4 is 17.6 Å². The Balaban J connectivity index is 2.92. The number of methoxy groups -OCH3 is 2. The van der Waals surface area contributed by atoms with Crippen LogP contribution in [0.5, 0.6) is 17.2 Å². The zero-order valence-electron chi connectivity index (χ0n) is 8.45. The van der Waals surface area contributed by atoms with Gasteiger partial charge >= 0.3 is 5.97 Å². The average Bonchev–Trinajstić information content (AvgIpc) is 2.29. The van der Waals surface area contributed by atoms with E-state index in [1.54, 1.807) is 25.3 Å². The van der Waals surface area contributed by atoms with Crippen molar-refractivity contribution in [2.45, 2.75) is 0 Å². The normalized spacial score (nSPS) is 9.53. The van der Waals surface area contributed by atoms with E-state index in [0.717, 1.165) is 0 Å². The Morgan fingerprint density at radius 1 is 1.27 bits per heavy atom. The lowest BCUT2D eigenvalue weighted by molar-refractivity contribution is -0.131. The van der Waals surface area contributed by atoms with Gasteiger partial charge in [0.1, 0.15) is 11.6 Å². The molecule has 0 spiro atoms. The molecule has 0 aromatic heterocycles. The predicted octanol–water partition coefficient (Wildman–Crippen LogP) is 1.85. The van der Waals surface area contributed by atoms with Crippen LogP contribution in [-0.2, 0) is 4.79 Å². The molecule has 4 nitrogen and oxygen atoms in total. The number of carbonyl (C=O) groups is 1. The summed E-state index contributed by atoms with van der Waals surface area (Å²) in [5.74, 6) is 0.643. The Labute approximate surface area is 92.7 Å². The Morgan fingerprint density at radius 2 is 2.00 bits per heavy atom. The molecule has 1 aromatic rings.